The van der Waals surface area contributed by atoms with Gasteiger partial charge in [0.05, 0.1) is 5.75 Å². The number of nitrogens with zero attached hydrogens (tertiary/aromatic N) is 1. The number of sulfone groups is 1. The first kappa shape index (κ1) is 17.3. The smallest absolute Gasteiger partial charge is 0.268 e. The van der Waals surface area contributed by atoms with Crippen LogP contribution in [0, 0.1) is 5.82 Å². The lowest BCUT2D eigenvalue weighted by molar-refractivity contribution is 0.0622. The summed E-state index contributed by atoms with van der Waals surface area (Å²) in [5.74, 6) is -2.44. The van der Waals surface area contributed by atoms with Crippen molar-refractivity contribution in [2.45, 2.75) is 30.6 Å². The Morgan fingerprint density at radius 3 is 2.45 bits per heavy atom. The van der Waals surface area contributed by atoms with E-state index in [1.54, 1.807) is 0 Å². The van der Waals surface area contributed by atoms with Gasteiger partial charge < -0.3 is 5.73 Å². The molecule has 0 spiro atoms. The van der Waals surface area contributed by atoms with Crippen molar-refractivity contribution in [3.63, 3.8) is 0 Å². The minimum absolute atomic E-state index is 0.333. The van der Waals surface area contributed by atoms with E-state index in [1.165, 1.54) is 19.9 Å². The lowest BCUT2D eigenvalue weighted by Gasteiger charge is -2.39. The lowest BCUT2D eigenvalue weighted by Crippen LogP contribution is -2.57. The second-order valence-electron chi connectivity index (χ2n) is 5.62. The maximum atomic E-state index is 14.1. The molecule has 0 saturated carbocycles. The monoisotopic (exact) mass is 398 g/mol. The number of halogens is 4. The second-order valence-corrected chi connectivity index (χ2v) is 9.07. The summed E-state index contributed by atoms with van der Waals surface area (Å²) in [5, 5.41) is 0. The topological polar surface area (TPSA) is 72.5 Å². The minimum atomic E-state index is -4.06. The zero-order valence-corrected chi connectivity index (χ0v) is 14.2. The van der Waals surface area contributed by atoms with Gasteiger partial charge in [-0.05, 0) is 32.0 Å². The molecule has 4 nitrogen and oxygen atoms in total. The molecule has 1 heterocycles. The third kappa shape index (κ3) is 2.44. The molecule has 0 bridgehead atoms. The fraction of sp³-hybridized carbons (Fsp3) is 0.462. The molecule has 0 saturated heterocycles. The first-order valence-electron chi connectivity index (χ1n) is 6.26. The standard InChI is InChI=1S/C13H14BrF3N2O2S/c1-12(2)11(18)19-13(10(16)17,6-22(12,20)21)8-5-7(14)3-4-9(8)15/h3-5,10H,6H2,1-2H3,(H2,18,19)/t13-/m1/s1. The highest BCUT2D eigenvalue weighted by Crippen LogP contribution is 2.42. The van der Waals surface area contributed by atoms with Crippen LogP contribution in [-0.4, -0.2) is 31.2 Å². The van der Waals surface area contributed by atoms with Crippen LogP contribution in [-0.2, 0) is 15.4 Å². The van der Waals surface area contributed by atoms with E-state index < -0.39 is 49.5 Å². The number of alkyl halides is 2. The van der Waals surface area contributed by atoms with Crippen molar-refractivity contribution in [3.8, 4) is 0 Å². The van der Waals surface area contributed by atoms with Gasteiger partial charge in [0.15, 0.2) is 15.4 Å². The van der Waals surface area contributed by atoms with Gasteiger partial charge in [0, 0.05) is 10.0 Å². The lowest BCUT2D eigenvalue weighted by atomic mass is 9.91. The van der Waals surface area contributed by atoms with Crippen molar-refractivity contribution < 1.29 is 21.6 Å². The van der Waals surface area contributed by atoms with Gasteiger partial charge >= 0.3 is 0 Å². The van der Waals surface area contributed by atoms with Crippen LogP contribution in [0.5, 0.6) is 0 Å². The summed E-state index contributed by atoms with van der Waals surface area (Å²) in [4.78, 5) is 3.74. The molecule has 1 aliphatic rings. The van der Waals surface area contributed by atoms with Crippen LogP contribution in [0.2, 0.25) is 0 Å². The summed E-state index contributed by atoms with van der Waals surface area (Å²) in [6.07, 6.45) is -3.24. The molecule has 0 unspecified atom stereocenters. The third-order valence-electron chi connectivity index (χ3n) is 3.88. The Labute approximate surface area is 134 Å². The van der Waals surface area contributed by atoms with Gasteiger partial charge in [-0.15, -0.1) is 0 Å². The van der Waals surface area contributed by atoms with E-state index in [-0.39, 0.29) is 0 Å². The van der Waals surface area contributed by atoms with Gasteiger partial charge in [0.1, 0.15) is 16.4 Å². The molecule has 0 aromatic heterocycles. The van der Waals surface area contributed by atoms with Crippen LogP contribution < -0.4 is 5.73 Å². The number of amidine groups is 1. The van der Waals surface area contributed by atoms with E-state index in [0.717, 1.165) is 12.1 Å². The Kier molecular flexibility index (Phi) is 4.10. The van der Waals surface area contributed by atoms with Gasteiger partial charge in [0.2, 0.25) is 0 Å². The third-order valence-corrected chi connectivity index (χ3v) is 6.96. The SMILES string of the molecule is CC1(C)C(N)=N[C@](c2cc(Br)ccc2F)(C(F)F)CS1(=O)=O. The van der Waals surface area contributed by atoms with Crippen LogP contribution in [0.1, 0.15) is 19.4 Å². The second kappa shape index (κ2) is 5.23. The van der Waals surface area contributed by atoms with E-state index >= 15 is 0 Å². The molecule has 1 aliphatic heterocycles. The van der Waals surface area contributed by atoms with E-state index in [0.29, 0.717) is 4.47 Å². The number of rotatable bonds is 2. The molecule has 1 atom stereocenters. The van der Waals surface area contributed by atoms with E-state index in [9.17, 15) is 21.6 Å². The van der Waals surface area contributed by atoms with Crippen LogP contribution >= 0.6 is 15.9 Å². The van der Waals surface area contributed by atoms with Crippen molar-refractivity contribution in [2.75, 3.05) is 5.75 Å². The summed E-state index contributed by atoms with van der Waals surface area (Å²) < 4.78 is 65.0. The van der Waals surface area contributed by atoms with Crippen molar-refractivity contribution in [1.82, 2.24) is 0 Å². The average Bonchev–Trinajstić information content (AvgIpc) is 2.38. The summed E-state index contributed by atoms with van der Waals surface area (Å²) in [7, 11) is -4.06. The maximum Gasteiger partial charge on any atom is 0.268 e. The predicted octanol–water partition coefficient (Wildman–Crippen LogP) is 2.61. The largest absolute Gasteiger partial charge is 0.386 e. The minimum Gasteiger partial charge on any atom is -0.386 e. The van der Waals surface area contributed by atoms with Gasteiger partial charge in [-0.25, -0.2) is 21.6 Å². The van der Waals surface area contributed by atoms with Gasteiger partial charge in [0.25, 0.3) is 6.43 Å². The highest BCUT2D eigenvalue weighted by molar-refractivity contribution is 9.10. The van der Waals surface area contributed by atoms with Crippen molar-refractivity contribution in [1.29, 1.82) is 0 Å². The molecule has 9 heteroatoms. The summed E-state index contributed by atoms with van der Waals surface area (Å²) in [6.45, 7) is 2.57. The van der Waals surface area contributed by atoms with Gasteiger partial charge in [-0.2, -0.15) is 0 Å². The van der Waals surface area contributed by atoms with Crippen LogP contribution in [0.4, 0.5) is 13.2 Å². The first-order chi connectivity index (χ1) is 9.94. The molecule has 2 rings (SSSR count). The molecular formula is C13H14BrF3N2O2S. The highest BCUT2D eigenvalue weighted by Gasteiger charge is 2.56. The van der Waals surface area contributed by atoms with E-state index in [2.05, 4.69) is 20.9 Å². The molecule has 0 aliphatic carbocycles. The summed E-state index contributed by atoms with van der Waals surface area (Å²) in [6, 6.07) is 3.40. The number of hydrogen-bond acceptors (Lipinski definition) is 4. The number of aliphatic imine (C=N–C) groups is 1. The van der Waals surface area contributed by atoms with Crippen molar-refractivity contribution in [2.24, 2.45) is 10.7 Å². The van der Waals surface area contributed by atoms with E-state index in [4.69, 9.17) is 5.73 Å². The fourth-order valence-corrected chi connectivity index (χ4v) is 4.22. The zero-order valence-electron chi connectivity index (χ0n) is 11.8. The average molecular weight is 399 g/mol. The Bertz CT molecular complexity index is 750. The van der Waals surface area contributed by atoms with Gasteiger partial charge in [-0.3, -0.25) is 4.99 Å². The Morgan fingerprint density at radius 1 is 1.36 bits per heavy atom. The molecule has 0 amide bonds. The first-order valence-corrected chi connectivity index (χ1v) is 8.70. The molecule has 122 valence electrons. The number of nitrogens with two attached hydrogens (primary N) is 1. The maximum absolute atomic E-state index is 14.1. The fourth-order valence-electron chi connectivity index (χ4n) is 2.21. The van der Waals surface area contributed by atoms with Crippen molar-refractivity contribution in [3.05, 3.63) is 34.1 Å². The molecule has 0 fully saturated rings. The zero-order chi connectivity index (χ0) is 16.9. The number of hydrogen-bond donors (Lipinski definition) is 1. The summed E-state index contributed by atoms with van der Waals surface area (Å²) in [5.41, 5.74) is 2.58. The normalized spacial score (nSPS) is 26.8. The van der Waals surface area contributed by atoms with Crippen LogP contribution in [0.25, 0.3) is 0 Å². The van der Waals surface area contributed by atoms with Crippen LogP contribution in [0.15, 0.2) is 27.7 Å². The molecule has 1 aromatic rings. The van der Waals surface area contributed by atoms with E-state index in [1.807, 2.05) is 0 Å². The molecule has 1 aromatic carbocycles. The molecular weight excluding hydrogens is 385 g/mol. The summed E-state index contributed by atoms with van der Waals surface area (Å²) >= 11 is 3.06. The Balaban J connectivity index is 2.82. The predicted molar refractivity (Wildman–Crippen MR) is 81.3 cm³/mol. The van der Waals surface area contributed by atoms with Crippen molar-refractivity contribution >= 4 is 31.6 Å². The molecule has 22 heavy (non-hydrogen) atoms. The number of benzene rings is 1. The quantitative estimate of drug-likeness (QED) is 0.831. The van der Waals surface area contributed by atoms with Gasteiger partial charge in [-0.1, -0.05) is 15.9 Å². The molecule has 0 radical (unpaired) electrons. The van der Waals surface area contributed by atoms with Crippen LogP contribution in [0.3, 0.4) is 0 Å². The Morgan fingerprint density at radius 2 is 1.95 bits per heavy atom. The Hall–Kier alpha value is -1.09. The highest BCUT2D eigenvalue weighted by atomic mass is 79.9. The molecule has 2 N–H and O–H groups in total.